The number of oxazole rings is 1. The molecule has 1 heterocycles. The monoisotopic (exact) mass is 350 g/mol. The molecular weight excluding hydrogens is 334 g/mol. The van der Waals surface area contributed by atoms with Gasteiger partial charge in [0.2, 0.25) is 5.91 Å². The summed E-state index contributed by atoms with van der Waals surface area (Å²) in [6.45, 7) is -0.318. The number of aryl methyl sites for hydroxylation is 1. The number of aliphatic carboxylic acids is 1. The molecule has 1 aromatic carbocycles. The van der Waals surface area contributed by atoms with Crippen LogP contribution in [0.1, 0.15) is 25.2 Å². The van der Waals surface area contributed by atoms with E-state index in [0.717, 1.165) is 25.0 Å². The fraction of sp³-hybridized carbons (Fsp3) is 0.353. The Morgan fingerprint density at radius 2 is 2.08 bits per heavy atom. The van der Waals surface area contributed by atoms with Crippen molar-refractivity contribution in [3.05, 3.63) is 41.9 Å². The first-order valence-corrected chi connectivity index (χ1v) is 7.85. The minimum Gasteiger partial charge on any atom is -0.480 e. The van der Waals surface area contributed by atoms with Crippen molar-refractivity contribution >= 4 is 11.9 Å². The highest BCUT2D eigenvalue weighted by molar-refractivity contribution is 5.82. The molecule has 0 atom stereocenters. The van der Waals surface area contributed by atoms with Gasteiger partial charge in [0.1, 0.15) is 18.2 Å². The third-order valence-electron chi connectivity index (χ3n) is 3.92. The molecule has 0 bridgehead atoms. The van der Waals surface area contributed by atoms with Crippen molar-refractivity contribution in [2.45, 2.75) is 31.7 Å². The van der Waals surface area contributed by atoms with E-state index in [0.29, 0.717) is 0 Å². The first-order chi connectivity index (χ1) is 11.9. The van der Waals surface area contributed by atoms with Gasteiger partial charge >= 0.3 is 5.97 Å². The average Bonchev–Trinajstić information content (AvgIpc) is 3.29. The van der Waals surface area contributed by atoms with Crippen LogP contribution in [0.3, 0.4) is 0 Å². The van der Waals surface area contributed by atoms with E-state index in [2.05, 4.69) is 4.98 Å². The van der Waals surface area contributed by atoms with Crippen molar-refractivity contribution in [3.8, 4) is 11.3 Å². The van der Waals surface area contributed by atoms with Crippen molar-refractivity contribution in [3.63, 3.8) is 0 Å². The Hall–Kier alpha value is -2.77. The third kappa shape index (κ3) is 4.20. The van der Waals surface area contributed by atoms with Crippen LogP contribution < -0.4 is 0 Å². The number of carbonyl (C=O) groups excluding carboxylic acids is 1. The number of amides is 1. The molecule has 0 radical (unpaired) electrons. The second kappa shape index (κ2) is 7.00. The van der Waals surface area contributed by atoms with Gasteiger partial charge in [-0.2, -0.15) is 0 Å². The topological polar surface area (TPSA) is 83.6 Å². The first-order valence-electron chi connectivity index (χ1n) is 7.85. The molecule has 132 valence electrons. The van der Waals surface area contributed by atoms with Gasteiger partial charge in [0.05, 0.1) is 11.8 Å². The summed E-state index contributed by atoms with van der Waals surface area (Å²) in [6.07, 6.45) is 3.16. The summed E-state index contributed by atoms with van der Waals surface area (Å²) < 4.78 is 32.1. The number of hydrogen-bond donors (Lipinski definition) is 1. The minimum absolute atomic E-state index is 0.00275. The van der Waals surface area contributed by atoms with Crippen molar-refractivity contribution in [2.75, 3.05) is 6.54 Å². The van der Waals surface area contributed by atoms with E-state index in [4.69, 9.17) is 9.52 Å². The molecule has 6 nitrogen and oxygen atoms in total. The average molecular weight is 350 g/mol. The van der Waals surface area contributed by atoms with E-state index in [9.17, 15) is 18.4 Å². The lowest BCUT2D eigenvalue weighted by molar-refractivity contribution is -0.144. The second-order valence-corrected chi connectivity index (χ2v) is 5.89. The van der Waals surface area contributed by atoms with Gasteiger partial charge in [-0.1, -0.05) is 0 Å². The summed E-state index contributed by atoms with van der Waals surface area (Å²) in [5, 5.41) is 8.88. The quantitative estimate of drug-likeness (QED) is 0.830. The maximum Gasteiger partial charge on any atom is 0.323 e. The van der Waals surface area contributed by atoms with Crippen molar-refractivity contribution < 1.29 is 27.9 Å². The maximum absolute atomic E-state index is 13.7. The Bertz CT molecular complexity index is 802. The van der Waals surface area contributed by atoms with Crippen LogP contribution in [0.25, 0.3) is 11.3 Å². The molecule has 8 heteroatoms. The van der Waals surface area contributed by atoms with E-state index in [1.165, 1.54) is 17.2 Å². The Kier molecular flexibility index (Phi) is 4.78. The van der Waals surface area contributed by atoms with E-state index < -0.39 is 17.6 Å². The first kappa shape index (κ1) is 17.1. The van der Waals surface area contributed by atoms with E-state index in [1.807, 2.05) is 0 Å². The highest BCUT2D eigenvalue weighted by atomic mass is 19.1. The molecule has 1 aliphatic carbocycles. The summed E-state index contributed by atoms with van der Waals surface area (Å²) in [5.74, 6) is -2.41. The smallest absolute Gasteiger partial charge is 0.323 e. The molecule has 1 N–H and O–H groups in total. The molecule has 0 unspecified atom stereocenters. The minimum atomic E-state index is -1.05. The summed E-state index contributed by atoms with van der Waals surface area (Å²) >= 11 is 0. The number of aromatic nitrogens is 1. The van der Waals surface area contributed by atoms with Crippen LogP contribution in [0.15, 0.2) is 28.8 Å². The fourth-order valence-electron chi connectivity index (χ4n) is 2.55. The zero-order valence-corrected chi connectivity index (χ0v) is 13.2. The van der Waals surface area contributed by atoms with Gasteiger partial charge in [0.25, 0.3) is 0 Å². The zero-order chi connectivity index (χ0) is 18.0. The molecular formula is C17H16F2N2O4. The Balaban J connectivity index is 1.63. The van der Waals surface area contributed by atoms with Crippen LogP contribution in [-0.4, -0.2) is 39.5 Å². The van der Waals surface area contributed by atoms with E-state index in [-0.39, 0.29) is 48.5 Å². The number of rotatable bonds is 7. The zero-order valence-electron chi connectivity index (χ0n) is 13.2. The standard InChI is InChI=1S/C17H16F2N2O4/c18-10-1-4-12(13(19)7-10)14-8-20-15(25-14)5-6-16(22)21(9-17(23)24)11-2-3-11/h1,4,7-8,11H,2-3,5-6,9H2,(H,23,24). The van der Waals surface area contributed by atoms with Gasteiger partial charge < -0.3 is 14.4 Å². The van der Waals surface area contributed by atoms with Crippen LogP contribution in [-0.2, 0) is 16.0 Å². The summed E-state index contributed by atoms with van der Waals surface area (Å²) in [4.78, 5) is 28.4. The normalized spacial score (nSPS) is 13.7. The Labute approximate surface area is 142 Å². The van der Waals surface area contributed by atoms with Gasteiger partial charge in [-0.05, 0) is 25.0 Å². The van der Waals surface area contributed by atoms with Crippen molar-refractivity contribution in [2.24, 2.45) is 0 Å². The number of benzene rings is 1. The SMILES string of the molecule is O=C(O)CN(C(=O)CCc1ncc(-c2ccc(F)cc2F)o1)C1CC1. The van der Waals surface area contributed by atoms with E-state index in [1.54, 1.807) is 0 Å². The number of halogens is 2. The van der Waals surface area contributed by atoms with Crippen molar-refractivity contribution in [1.82, 2.24) is 9.88 Å². The number of carbonyl (C=O) groups is 2. The maximum atomic E-state index is 13.7. The molecule has 3 rings (SSSR count). The summed E-state index contributed by atoms with van der Waals surface area (Å²) in [6, 6.07) is 3.11. The molecule has 0 saturated heterocycles. The molecule has 1 aromatic heterocycles. The lowest BCUT2D eigenvalue weighted by Gasteiger charge is -2.19. The lowest BCUT2D eigenvalue weighted by atomic mass is 10.2. The Morgan fingerprint density at radius 1 is 1.32 bits per heavy atom. The molecule has 25 heavy (non-hydrogen) atoms. The van der Waals surface area contributed by atoms with Crippen LogP contribution in [0.4, 0.5) is 8.78 Å². The Morgan fingerprint density at radius 3 is 2.72 bits per heavy atom. The number of carboxylic acid groups (broad SMARTS) is 1. The van der Waals surface area contributed by atoms with Gasteiger partial charge in [0, 0.05) is 24.9 Å². The number of hydrogen-bond acceptors (Lipinski definition) is 4. The predicted octanol–water partition coefficient (Wildman–Crippen LogP) is 2.63. The summed E-state index contributed by atoms with van der Waals surface area (Å²) in [7, 11) is 0. The largest absolute Gasteiger partial charge is 0.480 e. The molecule has 2 aromatic rings. The van der Waals surface area contributed by atoms with Gasteiger partial charge in [-0.3, -0.25) is 9.59 Å². The molecule has 1 amide bonds. The molecule has 1 fully saturated rings. The van der Waals surface area contributed by atoms with E-state index >= 15 is 0 Å². The highest BCUT2D eigenvalue weighted by Gasteiger charge is 2.33. The van der Waals surface area contributed by atoms with Gasteiger partial charge in [-0.25, -0.2) is 13.8 Å². The number of nitrogens with zero attached hydrogens (tertiary/aromatic N) is 2. The molecule has 1 aliphatic rings. The van der Waals surface area contributed by atoms with Crippen LogP contribution in [0.5, 0.6) is 0 Å². The second-order valence-electron chi connectivity index (χ2n) is 5.89. The highest BCUT2D eigenvalue weighted by Crippen LogP contribution is 2.28. The van der Waals surface area contributed by atoms with Crippen LogP contribution in [0.2, 0.25) is 0 Å². The fourth-order valence-corrected chi connectivity index (χ4v) is 2.55. The predicted molar refractivity (Wildman–Crippen MR) is 82.5 cm³/mol. The molecule has 0 spiro atoms. The van der Waals surface area contributed by atoms with Crippen molar-refractivity contribution in [1.29, 1.82) is 0 Å². The van der Waals surface area contributed by atoms with Gasteiger partial charge in [0.15, 0.2) is 11.7 Å². The van der Waals surface area contributed by atoms with Crippen LogP contribution >= 0.6 is 0 Å². The molecule has 0 aliphatic heterocycles. The van der Waals surface area contributed by atoms with Crippen LogP contribution in [0, 0.1) is 11.6 Å². The summed E-state index contributed by atoms with van der Waals surface area (Å²) in [5.41, 5.74) is 0.0805. The molecule has 1 saturated carbocycles. The lowest BCUT2D eigenvalue weighted by Crippen LogP contribution is -2.37. The number of carboxylic acids is 1. The third-order valence-corrected chi connectivity index (χ3v) is 3.92. The van der Waals surface area contributed by atoms with Gasteiger partial charge in [-0.15, -0.1) is 0 Å².